The van der Waals surface area contributed by atoms with Crippen molar-refractivity contribution in [1.29, 1.82) is 0 Å². The summed E-state index contributed by atoms with van der Waals surface area (Å²) in [6.45, 7) is 4.71. The molecule has 3 heterocycles. The summed E-state index contributed by atoms with van der Waals surface area (Å²) in [4.78, 5) is 15.8. The molecule has 24 heavy (non-hydrogen) atoms. The highest BCUT2D eigenvalue weighted by molar-refractivity contribution is 7.09. The molecule has 2 aromatic rings. The molecule has 0 aliphatic carbocycles. The van der Waals surface area contributed by atoms with Crippen molar-refractivity contribution in [1.82, 2.24) is 20.0 Å². The molecule has 2 aromatic heterocycles. The summed E-state index contributed by atoms with van der Waals surface area (Å²) in [6, 6.07) is 5.93. The molecule has 1 fully saturated rings. The molecule has 0 aromatic carbocycles. The molecule has 3 rings (SSSR count). The van der Waals surface area contributed by atoms with Crippen LogP contribution in [0, 0.1) is 0 Å². The van der Waals surface area contributed by atoms with Gasteiger partial charge >= 0.3 is 6.03 Å². The maximum atomic E-state index is 12.7. The molecule has 0 spiro atoms. The average molecular weight is 348 g/mol. The summed E-state index contributed by atoms with van der Waals surface area (Å²) in [5.74, 6) is 0. The van der Waals surface area contributed by atoms with E-state index < -0.39 is 0 Å². The fraction of sp³-hybridized carbons (Fsp3) is 0.529. The van der Waals surface area contributed by atoms with E-state index in [9.17, 15) is 4.79 Å². The second kappa shape index (κ2) is 8.30. The smallest absolute Gasteiger partial charge is 0.318 e. The third kappa shape index (κ3) is 4.82. The van der Waals surface area contributed by atoms with Gasteiger partial charge in [0.15, 0.2) is 0 Å². The minimum atomic E-state index is -0.0430. The van der Waals surface area contributed by atoms with Crippen molar-refractivity contribution < 1.29 is 9.53 Å². The lowest BCUT2D eigenvalue weighted by Gasteiger charge is -2.27. The lowest BCUT2D eigenvalue weighted by Crippen LogP contribution is -2.47. The van der Waals surface area contributed by atoms with Crippen molar-refractivity contribution in [2.24, 2.45) is 0 Å². The first-order valence-corrected chi connectivity index (χ1v) is 9.25. The number of nitrogens with zero attached hydrogens (tertiary/aromatic N) is 3. The Kier molecular flexibility index (Phi) is 5.87. The van der Waals surface area contributed by atoms with Gasteiger partial charge in [-0.05, 0) is 37.3 Å². The Morgan fingerprint density at radius 2 is 2.50 bits per heavy atom. The molecule has 2 amide bonds. The molecule has 0 bridgehead atoms. The number of carbonyl (C=O) groups excluding carboxylic acids is 1. The van der Waals surface area contributed by atoms with Crippen LogP contribution in [-0.2, 0) is 17.8 Å². The maximum absolute atomic E-state index is 12.7. The number of ether oxygens (including phenoxy) is 1. The van der Waals surface area contributed by atoms with E-state index in [1.807, 2.05) is 40.2 Å². The van der Waals surface area contributed by atoms with Crippen LogP contribution in [0.4, 0.5) is 4.79 Å². The van der Waals surface area contributed by atoms with E-state index in [0.717, 1.165) is 19.4 Å². The lowest BCUT2D eigenvalue weighted by molar-refractivity contribution is 0.0791. The van der Waals surface area contributed by atoms with Crippen LogP contribution in [0.3, 0.4) is 0 Å². The van der Waals surface area contributed by atoms with Gasteiger partial charge in [0.25, 0.3) is 0 Å². The summed E-state index contributed by atoms with van der Waals surface area (Å²) in [7, 11) is 0. The van der Waals surface area contributed by atoms with E-state index in [2.05, 4.69) is 16.5 Å². The monoisotopic (exact) mass is 348 g/mol. The topological polar surface area (TPSA) is 59.4 Å². The van der Waals surface area contributed by atoms with Gasteiger partial charge < -0.3 is 15.0 Å². The van der Waals surface area contributed by atoms with Gasteiger partial charge in [-0.1, -0.05) is 6.07 Å². The third-order valence-corrected chi connectivity index (χ3v) is 4.91. The Labute approximate surface area is 146 Å². The number of urea groups is 1. The number of aromatic nitrogens is 2. The Morgan fingerprint density at radius 3 is 3.17 bits per heavy atom. The van der Waals surface area contributed by atoms with Gasteiger partial charge in [0.2, 0.25) is 0 Å². The summed E-state index contributed by atoms with van der Waals surface area (Å²) in [5.41, 5.74) is 0. The fourth-order valence-corrected chi connectivity index (χ4v) is 3.60. The van der Waals surface area contributed by atoms with Crippen LogP contribution in [0.1, 0.15) is 24.6 Å². The van der Waals surface area contributed by atoms with Gasteiger partial charge in [-0.2, -0.15) is 5.10 Å². The maximum Gasteiger partial charge on any atom is 0.318 e. The van der Waals surface area contributed by atoms with Crippen LogP contribution in [0.2, 0.25) is 0 Å². The van der Waals surface area contributed by atoms with Crippen LogP contribution in [0.5, 0.6) is 0 Å². The predicted octanol–water partition coefficient (Wildman–Crippen LogP) is 2.72. The Balaban J connectivity index is 1.58. The summed E-state index contributed by atoms with van der Waals surface area (Å²) < 4.78 is 7.54. The molecule has 0 radical (unpaired) electrons. The van der Waals surface area contributed by atoms with E-state index in [4.69, 9.17) is 4.74 Å². The van der Waals surface area contributed by atoms with Gasteiger partial charge in [0.1, 0.15) is 0 Å². The first-order chi connectivity index (χ1) is 11.7. The van der Waals surface area contributed by atoms with Crippen molar-refractivity contribution in [2.75, 3.05) is 13.2 Å². The minimum absolute atomic E-state index is 0.00716. The Hall–Kier alpha value is -1.86. The van der Waals surface area contributed by atoms with E-state index in [1.54, 1.807) is 17.5 Å². The zero-order chi connectivity index (χ0) is 16.8. The van der Waals surface area contributed by atoms with Gasteiger partial charge in [-0.25, -0.2) is 4.79 Å². The molecule has 2 atom stereocenters. The fourth-order valence-electron chi connectivity index (χ4n) is 2.88. The highest BCUT2D eigenvalue weighted by Crippen LogP contribution is 2.17. The van der Waals surface area contributed by atoms with Crippen molar-refractivity contribution in [3.8, 4) is 0 Å². The van der Waals surface area contributed by atoms with Crippen LogP contribution in [0.15, 0.2) is 36.0 Å². The van der Waals surface area contributed by atoms with Crippen LogP contribution < -0.4 is 5.32 Å². The van der Waals surface area contributed by atoms with Crippen molar-refractivity contribution >= 4 is 17.4 Å². The quantitative estimate of drug-likeness (QED) is 0.837. The Morgan fingerprint density at radius 1 is 1.58 bits per heavy atom. The number of amides is 2. The molecule has 6 nitrogen and oxygen atoms in total. The molecule has 0 unspecified atom stereocenters. The van der Waals surface area contributed by atoms with Crippen LogP contribution in [-0.4, -0.2) is 46.0 Å². The number of hydrogen-bond donors (Lipinski definition) is 1. The third-order valence-electron chi connectivity index (χ3n) is 4.05. The lowest BCUT2D eigenvalue weighted by atomic mass is 10.2. The molecule has 0 saturated carbocycles. The normalized spacial score (nSPS) is 18.5. The van der Waals surface area contributed by atoms with Gasteiger partial charge in [-0.15, -0.1) is 11.3 Å². The van der Waals surface area contributed by atoms with Crippen LogP contribution >= 0.6 is 11.3 Å². The Bertz CT molecular complexity index is 609. The van der Waals surface area contributed by atoms with Crippen molar-refractivity contribution in [3.05, 3.63) is 40.8 Å². The second-order valence-electron chi connectivity index (χ2n) is 6.17. The first-order valence-electron chi connectivity index (χ1n) is 8.37. The van der Waals surface area contributed by atoms with E-state index in [-0.39, 0.29) is 18.2 Å². The molecule has 130 valence electrons. The first kappa shape index (κ1) is 17.0. The zero-order valence-corrected chi connectivity index (χ0v) is 14.7. The molecule has 1 saturated heterocycles. The van der Waals surface area contributed by atoms with E-state index in [0.29, 0.717) is 19.6 Å². The summed E-state index contributed by atoms with van der Waals surface area (Å²) in [5, 5.41) is 9.31. The number of carbonyl (C=O) groups is 1. The molecule has 1 N–H and O–H groups in total. The standard InChI is InChI=1S/C17H24N4O2S/c1-14(11-21-8-4-7-18-21)19-17(22)20(12-15-5-2-9-23-15)13-16-6-3-10-24-16/h3-4,6-8,10,14-15H,2,5,9,11-13H2,1H3,(H,19,22)/t14-,15+/m1/s1. The zero-order valence-electron chi connectivity index (χ0n) is 13.9. The highest BCUT2D eigenvalue weighted by Gasteiger charge is 2.24. The summed E-state index contributed by atoms with van der Waals surface area (Å²) in [6.07, 6.45) is 5.90. The number of nitrogens with one attached hydrogen (secondary N) is 1. The number of hydrogen-bond acceptors (Lipinski definition) is 4. The number of thiophene rings is 1. The largest absolute Gasteiger partial charge is 0.376 e. The molecule has 7 heteroatoms. The van der Waals surface area contributed by atoms with Crippen molar-refractivity contribution in [3.63, 3.8) is 0 Å². The second-order valence-corrected chi connectivity index (χ2v) is 7.21. The summed E-state index contributed by atoms with van der Waals surface area (Å²) >= 11 is 1.67. The van der Waals surface area contributed by atoms with Gasteiger partial charge in [-0.3, -0.25) is 4.68 Å². The minimum Gasteiger partial charge on any atom is -0.376 e. The molecular weight excluding hydrogens is 324 g/mol. The predicted molar refractivity (Wildman–Crippen MR) is 93.9 cm³/mol. The SMILES string of the molecule is C[C@H](Cn1cccn1)NC(=O)N(Cc1cccs1)C[C@@H]1CCCO1. The van der Waals surface area contributed by atoms with E-state index >= 15 is 0 Å². The highest BCUT2D eigenvalue weighted by atomic mass is 32.1. The van der Waals surface area contributed by atoms with Crippen molar-refractivity contribution in [2.45, 2.75) is 45.0 Å². The molecular formula is C17H24N4O2S. The van der Waals surface area contributed by atoms with Crippen LogP contribution in [0.25, 0.3) is 0 Å². The van der Waals surface area contributed by atoms with Gasteiger partial charge in [0.05, 0.1) is 19.2 Å². The molecule has 1 aliphatic heterocycles. The van der Waals surface area contributed by atoms with Gasteiger partial charge in [0, 0.05) is 36.5 Å². The molecule has 1 aliphatic rings. The van der Waals surface area contributed by atoms with E-state index in [1.165, 1.54) is 4.88 Å². The number of rotatable bonds is 7. The average Bonchev–Trinajstić information content (AvgIpc) is 3.30.